The number of nitrogens with one attached hydrogen (secondary N) is 2. The SMILES string of the molecule is CC(C)CNCCCNCc1ccc(F)c(F)c1F. The molecule has 2 N–H and O–H groups in total. The van der Waals surface area contributed by atoms with Crippen LogP contribution in [0.4, 0.5) is 13.2 Å². The van der Waals surface area contributed by atoms with Crippen molar-refractivity contribution >= 4 is 0 Å². The molecule has 0 aromatic heterocycles. The van der Waals surface area contributed by atoms with Gasteiger partial charge in [-0.15, -0.1) is 0 Å². The van der Waals surface area contributed by atoms with E-state index in [2.05, 4.69) is 24.5 Å². The van der Waals surface area contributed by atoms with Crippen molar-refractivity contribution in [1.82, 2.24) is 10.6 Å². The number of benzene rings is 1. The summed E-state index contributed by atoms with van der Waals surface area (Å²) in [5.41, 5.74) is 0.147. The Kier molecular flexibility index (Phi) is 6.87. The Morgan fingerprint density at radius 3 is 2.37 bits per heavy atom. The fraction of sp³-hybridized carbons (Fsp3) is 0.571. The van der Waals surface area contributed by atoms with Gasteiger partial charge in [-0.05, 0) is 38.0 Å². The van der Waals surface area contributed by atoms with Crippen LogP contribution in [-0.4, -0.2) is 19.6 Å². The van der Waals surface area contributed by atoms with E-state index in [9.17, 15) is 13.2 Å². The van der Waals surface area contributed by atoms with E-state index in [1.54, 1.807) is 0 Å². The molecule has 1 rings (SSSR count). The molecular weight excluding hydrogens is 253 g/mol. The minimum Gasteiger partial charge on any atom is -0.316 e. The highest BCUT2D eigenvalue weighted by molar-refractivity contribution is 5.20. The first-order chi connectivity index (χ1) is 9.02. The van der Waals surface area contributed by atoms with Gasteiger partial charge in [0.05, 0.1) is 0 Å². The number of hydrogen-bond acceptors (Lipinski definition) is 2. The highest BCUT2D eigenvalue weighted by Crippen LogP contribution is 2.14. The van der Waals surface area contributed by atoms with Crippen molar-refractivity contribution in [3.8, 4) is 0 Å². The number of hydrogen-bond donors (Lipinski definition) is 2. The maximum absolute atomic E-state index is 13.3. The molecule has 0 radical (unpaired) electrons. The third-order valence-electron chi connectivity index (χ3n) is 2.69. The smallest absolute Gasteiger partial charge is 0.194 e. The van der Waals surface area contributed by atoms with Crippen LogP contribution in [0.5, 0.6) is 0 Å². The lowest BCUT2D eigenvalue weighted by Crippen LogP contribution is -2.24. The summed E-state index contributed by atoms with van der Waals surface area (Å²) < 4.78 is 39.0. The maximum atomic E-state index is 13.3. The largest absolute Gasteiger partial charge is 0.316 e. The summed E-state index contributed by atoms with van der Waals surface area (Å²) in [6.45, 7) is 7.02. The van der Waals surface area contributed by atoms with E-state index in [4.69, 9.17) is 0 Å². The van der Waals surface area contributed by atoms with Crippen molar-refractivity contribution in [3.63, 3.8) is 0 Å². The summed E-state index contributed by atoms with van der Waals surface area (Å²) in [6.07, 6.45) is 0.901. The summed E-state index contributed by atoms with van der Waals surface area (Å²) in [4.78, 5) is 0. The predicted octanol–water partition coefficient (Wildman–Crippen LogP) is 2.83. The number of rotatable bonds is 8. The van der Waals surface area contributed by atoms with Gasteiger partial charge >= 0.3 is 0 Å². The van der Waals surface area contributed by atoms with Gasteiger partial charge in [-0.3, -0.25) is 0 Å². The van der Waals surface area contributed by atoms with Crippen LogP contribution >= 0.6 is 0 Å². The van der Waals surface area contributed by atoms with Gasteiger partial charge in [-0.2, -0.15) is 0 Å². The summed E-state index contributed by atoms with van der Waals surface area (Å²) in [5, 5.41) is 6.30. The average Bonchev–Trinajstić information content (AvgIpc) is 2.37. The first kappa shape index (κ1) is 16.0. The predicted molar refractivity (Wildman–Crippen MR) is 70.3 cm³/mol. The van der Waals surface area contributed by atoms with Crippen LogP contribution in [0, 0.1) is 23.4 Å². The van der Waals surface area contributed by atoms with Crippen molar-refractivity contribution in [2.75, 3.05) is 19.6 Å². The molecule has 2 nitrogen and oxygen atoms in total. The first-order valence-electron chi connectivity index (χ1n) is 6.56. The monoisotopic (exact) mass is 274 g/mol. The topological polar surface area (TPSA) is 24.1 Å². The van der Waals surface area contributed by atoms with Crippen molar-refractivity contribution in [2.45, 2.75) is 26.8 Å². The van der Waals surface area contributed by atoms with Crippen LogP contribution < -0.4 is 10.6 Å². The molecule has 0 spiro atoms. The zero-order valence-corrected chi connectivity index (χ0v) is 11.4. The van der Waals surface area contributed by atoms with E-state index in [1.165, 1.54) is 6.07 Å². The van der Waals surface area contributed by atoms with Gasteiger partial charge in [0, 0.05) is 12.1 Å². The highest BCUT2D eigenvalue weighted by atomic mass is 19.2. The molecule has 0 unspecified atom stereocenters. The summed E-state index contributed by atoms with van der Waals surface area (Å²) >= 11 is 0. The van der Waals surface area contributed by atoms with E-state index >= 15 is 0 Å². The molecular formula is C14H21F3N2. The van der Waals surface area contributed by atoms with Gasteiger partial charge in [0.2, 0.25) is 0 Å². The molecule has 0 aliphatic heterocycles. The fourth-order valence-corrected chi connectivity index (χ4v) is 1.65. The van der Waals surface area contributed by atoms with Crippen LogP contribution in [0.15, 0.2) is 12.1 Å². The Morgan fingerprint density at radius 2 is 1.68 bits per heavy atom. The fourth-order valence-electron chi connectivity index (χ4n) is 1.65. The second kappa shape index (κ2) is 8.17. The molecule has 1 aromatic carbocycles. The molecule has 1 aromatic rings. The third-order valence-corrected chi connectivity index (χ3v) is 2.69. The van der Waals surface area contributed by atoms with Crippen LogP contribution in [0.3, 0.4) is 0 Å². The van der Waals surface area contributed by atoms with Crippen molar-refractivity contribution < 1.29 is 13.2 Å². The minimum atomic E-state index is -1.40. The average molecular weight is 274 g/mol. The van der Waals surface area contributed by atoms with Gasteiger partial charge in [0.25, 0.3) is 0 Å². The standard InChI is InChI=1S/C14H21F3N2/c1-10(2)8-18-6-3-7-19-9-11-4-5-12(15)14(17)13(11)16/h4-5,10,18-19H,3,6-9H2,1-2H3. The zero-order valence-electron chi connectivity index (χ0n) is 11.4. The van der Waals surface area contributed by atoms with Crippen LogP contribution in [-0.2, 0) is 6.54 Å². The molecule has 0 fully saturated rings. The highest BCUT2D eigenvalue weighted by Gasteiger charge is 2.12. The van der Waals surface area contributed by atoms with E-state index in [0.29, 0.717) is 12.5 Å². The normalized spacial score (nSPS) is 11.3. The second-order valence-corrected chi connectivity index (χ2v) is 4.96. The first-order valence-corrected chi connectivity index (χ1v) is 6.56. The van der Waals surface area contributed by atoms with Crippen LogP contribution in [0.25, 0.3) is 0 Å². The van der Waals surface area contributed by atoms with E-state index in [1.807, 2.05) is 0 Å². The Balaban J connectivity index is 2.21. The third kappa shape index (κ3) is 5.61. The van der Waals surface area contributed by atoms with E-state index in [0.717, 1.165) is 25.6 Å². The lowest BCUT2D eigenvalue weighted by molar-refractivity contribution is 0.437. The molecule has 0 amide bonds. The molecule has 0 saturated carbocycles. The molecule has 5 heteroatoms. The molecule has 0 aliphatic carbocycles. The Morgan fingerprint density at radius 1 is 1.00 bits per heavy atom. The van der Waals surface area contributed by atoms with Crippen LogP contribution in [0.2, 0.25) is 0 Å². The molecule has 0 aliphatic rings. The van der Waals surface area contributed by atoms with E-state index < -0.39 is 17.5 Å². The quantitative estimate of drug-likeness (QED) is 0.562. The molecule has 0 bridgehead atoms. The number of halogens is 3. The lowest BCUT2D eigenvalue weighted by Gasteiger charge is -2.09. The van der Waals surface area contributed by atoms with Crippen LogP contribution in [0.1, 0.15) is 25.8 Å². The van der Waals surface area contributed by atoms with Gasteiger partial charge in [0.1, 0.15) is 0 Å². The second-order valence-electron chi connectivity index (χ2n) is 4.96. The molecule has 0 atom stereocenters. The van der Waals surface area contributed by atoms with E-state index in [-0.39, 0.29) is 12.1 Å². The van der Waals surface area contributed by atoms with Gasteiger partial charge in [-0.1, -0.05) is 19.9 Å². The molecule has 0 heterocycles. The maximum Gasteiger partial charge on any atom is 0.194 e. The summed E-state index contributed by atoms with van der Waals surface area (Å²) in [5.74, 6) is -3.05. The minimum absolute atomic E-state index is 0.147. The molecule has 19 heavy (non-hydrogen) atoms. The van der Waals surface area contributed by atoms with Crippen molar-refractivity contribution in [3.05, 3.63) is 35.1 Å². The Labute approximate surface area is 112 Å². The summed E-state index contributed by atoms with van der Waals surface area (Å²) in [6, 6.07) is 2.21. The van der Waals surface area contributed by atoms with Crippen molar-refractivity contribution in [1.29, 1.82) is 0 Å². The van der Waals surface area contributed by atoms with Crippen molar-refractivity contribution in [2.24, 2.45) is 5.92 Å². The Bertz CT molecular complexity index is 395. The lowest BCUT2D eigenvalue weighted by atomic mass is 10.2. The Hall–Kier alpha value is -1.07. The molecule has 0 saturated heterocycles. The summed E-state index contributed by atoms with van der Waals surface area (Å²) in [7, 11) is 0. The molecule has 108 valence electrons. The zero-order chi connectivity index (χ0) is 14.3. The van der Waals surface area contributed by atoms with Gasteiger partial charge in [0.15, 0.2) is 17.5 Å². The van der Waals surface area contributed by atoms with Gasteiger partial charge < -0.3 is 10.6 Å². The van der Waals surface area contributed by atoms with Gasteiger partial charge in [-0.25, -0.2) is 13.2 Å².